The van der Waals surface area contributed by atoms with Gasteiger partial charge in [-0.15, -0.1) is 10.2 Å². The summed E-state index contributed by atoms with van der Waals surface area (Å²) >= 11 is 6.93. The first-order valence-corrected chi connectivity index (χ1v) is 9.72. The molecule has 1 amide bonds. The fourth-order valence-electron chi connectivity index (χ4n) is 2.54. The van der Waals surface area contributed by atoms with E-state index in [0.717, 1.165) is 0 Å². The van der Waals surface area contributed by atoms with Gasteiger partial charge in [0.05, 0.1) is 10.8 Å². The number of thioether (sulfide) groups is 1. The van der Waals surface area contributed by atoms with Gasteiger partial charge >= 0.3 is 0 Å². The van der Waals surface area contributed by atoms with Crippen LogP contribution in [0.2, 0.25) is 5.02 Å². The van der Waals surface area contributed by atoms with E-state index in [1.54, 1.807) is 24.3 Å². The zero-order valence-electron chi connectivity index (χ0n) is 14.6. The van der Waals surface area contributed by atoms with E-state index in [1.165, 1.54) is 46.6 Å². The molecule has 10 heteroatoms. The molecule has 146 valence electrons. The Bertz CT molecular complexity index is 1200. The number of anilines is 1. The van der Waals surface area contributed by atoms with Gasteiger partial charge in [-0.05, 0) is 54.6 Å². The van der Waals surface area contributed by atoms with Crippen LogP contribution in [0.5, 0.6) is 0 Å². The van der Waals surface area contributed by atoms with Crippen LogP contribution in [0.15, 0.2) is 59.6 Å². The number of halogens is 3. The molecule has 2 aromatic heterocycles. The first-order chi connectivity index (χ1) is 14.0. The highest BCUT2D eigenvalue weighted by Gasteiger charge is 2.12. The van der Waals surface area contributed by atoms with E-state index >= 15 is 0 Å². The Balaban J connectivity index is 1.48. The normalized spacial score (nSPS) is 11.0. The molecule has 2 aromatic carbocycles. The number of carbonyl (C=O) groups is 1. The molecular formula is C19H12ClF2N5OS. The second-order valence-corrected chi connectivity index (χ2v) is 7.34. The molecule has 0 fully saturated rings. The molecule has 0 radical (unpaired) electrons. The van der Waals surface area contributed by atoms with Crippen molar-refractivity contribution in [2.24, 2.45) is 0 Å². The van der Waals surface area contributed by atoms with Crippen molar-refractivity contribution in [2.75, 3.05) is 11.1 Å². The summed E-state index contributed by atoms with van der Waals surface area (Å²) in [5.74, 6) is -0.640. The topological polar surface area (TPSA) is 72.2 Å². The highest BCUT2D eigenvalue weighted by atomic mass is 35.5. The lowest BCUT2D eigenvalue weighted by atomic mass is 10.2. The van der Waals surface area contributed by atoms with Crippen LogP contribution >= 0.6 is 23.4 Å². The summed E-state index contributed by atoms with van der Waals surface area (Å²) in [6, 6.07) is 13.3. The molecule has 0 atom stereocenters. The van der Waals surface area contributed by atoms with Crippen molar-refractivity contribution in [1.29, 1.82) is 0 Å². The van der Waals surface area contributed by atoms with Gasteiger partial charge in [0.1, 0.15) is 16.7 Å². The Labute approximate surface area is 172 Å². The van der Waals surface area contributed by atoms with E-state index in [4.69, 9.17) is 11.6 Å². The predicted molar refractivity (Wildman–Crippen MR) is 107 cm³/mol. The molecule has 0 unspecified atom stereocenters. The molecule has 0 bridgehead atoms. The maximum atomic E-state index is 13.2. The second kappa shape index (κ2) is 8.14. The number of fused-ring (bicyclic) bond motifs is 1. The molecule has 0 aliphatic carbocycles. The SMILES string of the molecule is O=C(CSc1ccc2nnc(-c3ccc(F)cc3)n2n1)Nc1ccc(F)c(Cl)c1. The molecule has 2 heterocycles. The molecule has 4 rings (SSSR count). The van der Waals surface area contributed by atoms with E-state index in [-0.39, 0.29) is 22.5 Å². The standard InChI is InChI=1S/C19H12ClF2N5OS/c20-14-9-13(5-6-15(14)22)23-17(28)10-29-18-8-7-16-24-25-19(27(16)26-18)11-1-3-12(21)4-2-11/h1-9H,10H2,(H,23,28). The summed E-state index contributed by atoms with van der Waals surface area (Å²) in [7, 11) is 0. The van der Waals surface area contributed by atoms with Gasteiger partial charge in [-0.1, -0.05) is 23.4 Å². The van der Waals surface area contributed by atoms with Crippen molar-refractivity contribution in [3.05, 3.63) is 71.3 Å². The Morgan fingerprint density at radius 3 is 2.62 bits per heavy atom. The number of hydrogen-bond donors (Lipinski definition) is 1. The minimum absolute atomic E-state index is 0.0662. The van der Waals surface area contributed by atoms with Crippen LogP contribution in [0.3, 0.4) is 0 Å². The summed E-state index contributed by atoms with van der Waals surface area (Å²) in [6.45, 7) is 0. The highest BCUT2D eigenvalue weighted by molar-refractivity contribution is 7.99. The van der Waals surface area contributed by atoms with Crippen LogP contribution in [-0.2, 0) is 4.79 Å². The number of aromatic nitrogens is 4. The van der Waals surface area contributed by atoms with E-state index in [1.807, 2.05) is 0 Å². The molecule has 0 saturated heterocycles. The Kier molecular flexibility index (Phi) is 5.41. The molecule has 1 N–H and O–H groups in total. The molecule has 6 nitrogen and oxygen atoms in total. The Morgan fingerprint density at radius 1 is 1.07 bits per heavy atom. The summed E-state index contributed by atoms with van der Waals surface area (Å²) < 4.78 is 27.9. The van der Waals surface area contributed by atoms with Crippen LogP contribution in [0, 0.1) is 11.6 Å². The molecular weight excluding hydrogens is 420 g/mol. The largest absolute Gasteiger partial charge is 0.325 e. The number of amides is 1. The summed E-state index contributed by atoms with van der Waals surface area (Å²) in [5, 5.41) is 15.8. The summed E-state index contributed by atoms with van der Waals surface area (Å²) in [5.41, 5.74) is 1.60. The number of benzene rings is 2. The average Bonchev–Trinajstić information content (AvgIpc) is 3.13. The second-order valence-electron chi connectivity index (χ2n) is 5.94. The van der Waals surface area contributed by atoms with Gasteiger partial charge in [-0.25, -0.2) is 8.78 Å². The van der Waals surface area contributed by atoms with Crippen molar-refractivity contribution >= 4 is 40.6 Å². The molecule has 0 spiro atoms. The lowest BCUT2D eigenvalue weighted by Crippen LogP contribution is -2.14. The monoisotopic (exact) mass is 431 g/mol. The number of hydrogen-bond acceptors (Lipinski definition) is 5. The van der Waals surface area contributed by atoms with Crippen molar-refractivity contribution in [3.63, 3.8) is 0 Å². The molecule has 29 heavy (non-hydrogen) atoms. The van der Waals surface area contributed by atoms with Gasteiger partial charge in [0.15, 0.2) is 11.5 Å². The summed E-state index contributed by atoms with van der Waals surface area (Å²) in [6.07, 6.45) is 0. The maximum Gasteiger partial charge on any atom is 0.234 e. The van der Waals surface area contributed by atoms with Crippen molar-refractivity contribution in [1.82, 2.24) is 19.8 Å². The Morgan fingerprint density at radius 2 is 1.86 bits per heavy atom. The minimum Gasteiger partial charge on any atom is -0.325 e. The van der Waals surface area contributed by atoms with Crippen LogP contribution < -0.4 is 5.32 Å². The third-order valence-electron chi connectivity index (χ3n) is 3.90. The smallest absolute Gasteiger partial charge is 0.234 e. The molecule has 4 aromatic rings. The van der Waals surface area contributed by atoms with Gasteiger partial charge < -0.3 is 5.32 Å². The molecule has 0 saturated carbocycles. The Hall–Kier alpha value is -3.04. The minimum atomic E-state index is -0.553. The third kappa shape index (κ3) is 4.36. The van der Waals surface area contributed by atoms with Gasteiger partial charge in [-0.3, -0.25) is 4.79 Å². The van der Waals surface area contributed by atoms with E-state index < -0.39 is 5.82 Å². The third-order valence-corrected chi connectivity index (χ3v) is 5.10. The first kappa shape index (κ1) is 19.3. The average molecular weight is 432 g/mol. The van der Waals surface area contributed by atoms with Gasteiger partial charge in [0, 0.05) is 11.3 Å². The zero-order valence-corrected chi connectivity index (χ0v) is 16.2. The number of nitrogens with one attached hydrogen (secondary N) is 1. The lowest BCUT2D eigenvalue weighted by Gasteiger charge is -2.06. The number of nitrogens with zero attached hydrogens (tertiary/aromatic N) is 4. The van der Waals surface area contributed by atoms with Crippen LogP contribution in [0.25, 0.3) is 17.0 Å². The fourth-order valence-corrected chi connectivity index (χ4v) is 3.37. The maximum absolute atomic E-state index is 13.2. The fraction of sp³-hybridized carbons (Fsp3) is 0.0526. The van der Waals surface area contributed by atoms with Crippen molar-refractivity contribution < 1.29 is 13.6 Å². The number of carbonyl (C=O) groups excluding carboxylic acids is 1. The number of rotatable bonds is 5. The van der Waals surface area contributed by atoms with Gasteiger partial charge in [0.2, 0.25) is 5.91 Å². The van der Waals surface area contributed by atoms with Gasteiger partial charge in [-0.2, -0.15) is 9.61 Å². The first-order valence-electron chi connectivity index (χ1n) is 8.36. The van der Waals surface area contributed by atoms with Gasteiger partial charge in [0.25, 0.3) is 0 Å². The quantitative estimate of drug-likeness (QED) is 0.472. The highest BCUT2D eigenvalue weighted by Crippen LogP contribution is 2.22. The summed E-state index contributed by atoms with van der Waals surface area (Å²) in [4.78, 5) is 12.2. The predicted octanol–water partition coefficient (Wildman–Crippen LogP) is 4.45. The van der Waals surface area contributed by atoms with Crippen LogP contribution in [0.4, 0.5) is 14.5 Å². The van der Waals surface area contributed by atoms with Crippen LogP contribution in [-0.4, -0.2) is 31.5 Å². The van der Waals surface area contributed by atoms with Crippen LogP contribution in [0.1, 0.15) is 0 Å². The zero-order chi connectivity index (χ0) is 20.4. The molecule has 0 aliphatic heterocycles. The van der Waals surface area contributed by atoms with Crippen molar-refractivity contribution in [2.45, 2.75) is 5.03 Å². The van der Waals surface area contributed by atoms with E-state index in [0.29, 0.717) is 27.7 Å². The van der Waals surface area contributed by atoms with Crippen molar-refractivity contribution in [3.8, 4) is 11.4 Å². The van der Waals surface area contributed by atoms with E-state index in [2.05, 4.69) is 20.6 Å². The molecule has 0 aliphatic rings. The lowest BCUT2D eigenvalue weighted by molar-refractivity contribution is -0.113. The van der Waals surface area contributed by atoms with E-state index in [9.17, 15) is 13.6 Å².